The SMILES string of the molecule is CC(C)CC([O-])[O-].C[N+](C)(C)CCCO.C[N+](C)(C)CCCO. The Hall–Kier alpha value is -0.240. The molecule has 0 fully saturated rings. The van der Waals surface area contributed by atoms with Crippen LogP contribution in [0.25, 0.3) is 0 Å². The van der Waals surface area contributed by atoms with E-state index in [1.54, 1.807) is 0 Å². The van der Waals surface area contributed by atoms with Gasteiger partial charge in [0.15, 0.2) is 0 Å². The highest BCUT2D eigenvalue weighted by Crippen LogP contribution is 1.96. The van der Waals surface area contributed by atoms with E-state index in [9.17, 15) is 10.2 Å². The Morgan fingerprint density at radius 2 is 1.04 bits per heavy atom. The summed E-state index contributed by atoms with van der Waals surface area (Å²) in [5.74, 6) is 0.250. The molecule has 0 atom stereocenters. The van der Waals surface area contributed by atoms with E-state index < -0.39 is 6.29 Å². The Morgan fingerprint density at radius 3 is 1.09 bits per heavy atom. The molecule has 6 nitrogen and oxygen atoms in total. The first-order chi connectivity index (χ1) is 10.2. The summed E-state index contributed by atoms with van der Waals surface area (Å²) in [4.78, 5) is 0. The molecule has 0 aromatic heterocycles. The summed E-state index contributed by atoms with van der Waals surface area (Å²) in [6.07, 6.45) is 0.437. The molecule has 23 heavy (non-hydrogen) atoms. The number of aliphatic hydroxyl groups is 2. The van der Waals surface area contributed by atoms with Crippen LogP contribution < -0.4 is 10.2 Å². The Labute approximate surface area is 144 Å². The minimum Gasteiger partial charge on any atom is -0.865 e. The Morgan fingerprint density at radius 1 is 0.739 bits per heavy atom. The van der Waals surface area contributed by atoms with Gasteiger partial charge in [-0.2, -0.15) is 0 Å². The van der Waals surface area contributed by atoms with E-state index in [1.807, 2.05) is 13.8 Å². The van der Waals surface area contributed by atoms with E-state index in [-0.39, 0.29) is 12.3 Å². The number of nitrogens with zero attached hydrogens (tertiary/aromatic N) is 2. The summed E-state index contributed by atoms with van der Waals surface area (Å²) in [6.45, 7) is 6.46. The molecule has 0 saturated carbocycles. The number of rotatable bonds is 8. The molecule has 144 valence electrons. The molecule has 6 heteroatoms. The van der Waals surface area contributed by atoms with Crippen molar-refractivity contribution in [3.8, 4) is 0 Å². The number of hydrogen-bond acceptors (Lipinski definition) is 4. The lowest BCUT2D eigenvalue weighted by Crippen LogP contribution is -2.39. The van der Waals surface area contributed by atoms with Gasteiger partial charge in [0.25, 0.3) is 0 Å². The van der Waals surface area contributed by atoms with E-state index >= 15 is 0 Å². The highest BCUT2D eigenvalue weighted by atomic mass is 16.5. The molecule has 0 aliphatic carbocycles. The van der Waals surface area contributed by atoms with Crippen LogP contribution in [0.5, 0.6) is 0 Å². The van der Waals surface area contributed by atoms with Crippen molar-refractivity contribution >= 4 is 0 Å². The van der Waals surface area contributed by atoms with Crippen LogP contribution in [0.4, 0.5) is 0 Å². The fraction of sp³-hybridized carbons (Fsp3) is 1.00. The first-order valence-corrected chi connectivity index (χ1v) is 8.39. The van der Waals surface area contributed by atoms with Gasteiger partial charge in [-0.1, -0.05) is 20.3 Å². The van der Waals surface area contributed by atoms with Crippen LogP contribution in [0.2, 0.25) is 0 Å². The minimum atomic E-state index is -1.63. The largest absolute Gasteiger partial charge is 0.865 e. The molecule has 0 aliphatic heterocycles. The third kappa shape index (κ3) is 44.9. The van der Waals surface area contributed by atoms with Crippen LogP contribution in [-0.2, 0) is 0 Å². The van der Waals surface area contributed by atoms with Gasteiger partial charge in [0.1, 0.15) is 0 Å². The van der Waals surface area contributed by atoms with E-state index in [0.29, 0.717) is 13.2 Å². The van der Waals surface area contributed by atoms with Crippen molar-refractivity contribution in [2.45, 2.75) is 39.4 Å². The summed E-state index contributed by atoms with van der Waals surface area (Å²) < 4.78 is 1.89. The molecule has 0 unspecified atom stereocenters. The molecule has 0 saturated heterocycles. The first-order valence-electron chi connectivity index (χ1n) is 8.39. The number of quaternary nitrogens is 2. The van der Waals surface area contributed by atoms with Crippen molar-refractivity contribution < 1.29 is 29.4 Å². The second-order valence-electron chi connectivity index (χ2n) is 8.24. The third-order valence-corrected chi connectivity index (χ3v) is 2.64. The highest BCUT2D eigenvalue weighted by molar-refractivity contribution is 4.41. The predicted molar refractivity (Wildman–Crippen MR) is 92.4 cm³/mol. The lowest BCUT2D eigenvalue weighted by molar-refractivity contribution is -0.870. The predicted octanol–water partition coefficient (Wildman–Crippen LogP) is -0.771. The van der Waals surface area contributed by atoms with Gasteiger partial charge in [-0.25, -0.2) is 6.29 Å². The van der Waals surface area contributed by atoms with E-state index in [0.717, 1.165) is 34.9 Å². The molecular formula is C17H42N2O4. The standard InChI is InChI=1S/2C6H16NO.C5H10O2/c2*1-7(2,3)5-4-6-8;1-4(2)3-5(6)7/h2*8H,4-6H2,1-3H3;4-5H,3H2,1-2H3/q2*+1;-2. The summed E-state index contributed by atoms with van der Waals surface area (Å²) in [6, 6.07) is 0. The lowest BCUT2D eigenvalue weighted by atomic mass is 10.1. The van der Waals surface area contributed by atoms with Crippen molar-refractivity contribution in [3.05, 3.63) is 0 Å². The van der Waals surface area contributed by atoms with Crippen molar-refractivity contribution in [2.75, 3.05) is 68.6 Å². The van der Waals surface area contributed by atoms with Gasteiger partial charge < -0.3 is 29.4 Å². The molecule has 0 spiro atoms. The van der Waals surface area contributed by atoms with Crippen LogP contribution >= 0.6 is 0 Å². The summed E-state index contributed by atoms with van der Waals surface area (Å²) in [7, 11) is 12.7. The van der Waals surface area contributed by atoms with Crippen LogP contribution in [0, 0.1) is 5.92 Å². The molecule has 0 aliphatic rings. The average Bonchev–Trinajstić information content (AvgIpc) is 2.32. The maximum atomic E-state index is 9.78. The van der Waals surface area contributed by atoms with Crippen molar-refractivity contribution in [3.63, 3.8) is 0 Å². The second-order valence-corrected chi connectivity index (χ2v) is 8.24. The van der Waals surface area contributed by atoms with Gasteiger partial charge in [-0.15, -0.1) is 0 Å². The minimum absolute atomic E-state index is 0.250. The zero-order valence-corrected chi connectivity index (χ0v) is 16.7. The average molecular weight is 339 g/mol. The van der Waals surface area contributed by atoms with Crippen molar-refractivity contribution in [1.29, 1.82) is 0 Å². The summed E-state index contributed by atoms with van der Waals surface area (Å²) in [5.41, 5.74) is 0. The molecule has 0 amide bonds. The molecule has 0 rings (SSSR count). The number of aliphatic hydroxyl groups excluding tert-OH is 2. The zero-order chi connectivity index (χ0) is 19.1. The third-order valence-electron chi connectivity index (χ3n) is 2.64. The van der Waals surface area contributed by atoms with E-state index in [2.05, 4.69) is 42.3 Å². The van der Waals surface area contributed by atoms with Crippen LogP contribution in [0.15, 0.2) is 0 Å². The monoisotopic (exact) mass is 338 g/mol. The summed E-state index contributed by atoms with van der Waals surface area (Å²) >= 11 is 0. The highest BCUT2D eigenvalue weighted by Gasteiger charge is 2.04. The molecule has 0 aromatic carbocycles. The normalized spacial score (nSPS) is 11.7. The number of hydrogen-bond donors (Lipinski definition) is 2. The Balaban J connectivity index is -0.000000262. The van der Waals surface area contributed by atoms with Gasteiger partial charge in [-0.3, -0.25) is 0 Å². The van der Waals surface area contributed by atoms with Crippen molar-refractivity contribution in [1.82, 2.24) is 0 Å². The molecular weight excluding hydrogens is 296 g/mol. The maximum Gasteiger partial charge on any atom is 0.0802 e. The lowest BCUT2D eigenvalue weighted by Gasteiger charge is -2.30. The second kappa shape index (κ2) is 15.3. The maximum absolute atomic E-state index is 9.78. The topological polar surface area (TPSA) is 86.6 Å². The Kier molecular flexibility index (Phi) is 18.4. The van der Waals surface area contributed by atoms with Gasteiger partial charge >= 0.3 is 0 Å². The fourth-order valence-corrected chi connectivity index (χ4v) is 1.48. The van der Waals surface area contributed by atoms with E-state index in [1.165, 1.54) is 0 Å². The fourth-order valence-electron chi connectivity index (χ4n) is 1.48. The van der Waals surface area contributed by atoms with E-state index in [4.69, 9.17) is 10.2 Å². The first kappa shape index (κ1) is 27.6. The zero-order valence-electron chi connectivity index (χ0n) is 16.7. The van der Waals surface area contributed by atoms with Gasteiger partial charge in [-0.05, 0) is 5.92 Å². The van der Waals surface area contributed by atoms with Gasteiger partial charge in [0.05, 0.1) is 55.4 Å². The van der Waals surface area contributed by atoms with Crippen molar-refractivity contribution in [2.24, 2.45) is 5.92 Å². The van der Waals surface area contributed by atoms with Gasteiger partial charge in [0, 0.05) is 26.1 Å². The molecule has 2 N–H and O–H groups in total. The smallest absolute Gasteiger partial charge is 0.0802 e. The molecule has 0 heterocycles. The Bertz CT molecular complexity index is 210. The van der Waals surface area contributed by atoms with Crippen LogP contribution in [-0.4, -0.2) is 94.1 Å². The van der Waals surface area contributed by atoms with Crippen LogP contribution in [0.3, 0.4) is 0 Å². The molecule has 0 bridgehead atoms. The molecule has 0 radical (unpaired) electrons. The quantitative estimate of drug-likeness (QED) is 0.449. The van der Waals surface area contributed by atoms with Crippen LogP contribution in [0.1, 0.15) is 33.1 Å². The summed E-state index contributed by atoms with van der Waals surface area (Å²) in [5, 5.41) is 36.4. The molecule has 0 aromatic rings. The van der Waals surface area contributed by atoms with Gasteiger partial charge in [0.2, 0.25) is 0 Å².